The van der Waals surface area contributed by atoms with Crippen molar-refractivity contribution < 1.29 is 0 Å². The Balaban J connectivity index is 2.28. The SMILES string of the molecule is NC1=NN=C(c2ccc(Br)cc2)CS1. The maximum atomic E-state index is 5.50. The number of hydrogen-bond acceptors (Lipinski definition) is 4. The molecule has 0 radical (unpaired) electrons. The van der Waals surface area contributed by atoms with Crippen molar-refractivity contribution in [2.24, 2.45) is 15.9 Å². The van der Waals surface area contributed by atoms with Gasteiger partial charge in [-0.1, -0.05) is 39.8 Å². The molecule has 3 nitrogen and oxygen atoms in total. The lowest BCUT2D eigenvalue weighted by atomic mass is 10.1. The van der Waals surface area contributed by atoms with E-state index in [-0.39, 0.29) is 0 Å². The molecule has 0 amide bonds. The number of nitrogens with zero attached hydrogens (tertiary/aromatic N) is 2. The van der Waals surface area contributed by atoms with Crippen molar-refractivity contribution in [3.8, 4) is 0 Å². The molecule has 0 bridgehead atoms. The normalized spacial score (nSPS) is 16.1. The van der Waals surface area contributed by atoms with Gasteiger partial charge in [-0.25, -0.2) is 0 Å². The highest BCUT2D eigenvalue weighted by Crippen LogP contribution is 2.16. The quantitative estimate of drug-likeness (QED) is 0.850. The Kier molecular flexibility index (Phi) is 2.88. The summed E-state index contributed by atoms with van der Waals surface area (Å²) in [5.74, 6) is 0.789. The van der Waals surface area contributed by atoms with Gasteiger partial charge in [-0.05, 0) is 17.7 Å². The first-order valence-electron chi connectivity index (χ1n) is 4.04. The third-order valence-corrected chi connectivity index (χ3v) is 3.13. The fourth-order valence-electron chi connectivity index (χ4n) is 1.09. The summed E-state index contributed by atoms with van der Waals surface area (Å²) in [6.45, 7) is 0. The molecule has 0 spiro atoms. The third-order valence-electron chi connectivity index (χ3n) is 1.80. The van der Waals surface area contributed by atoms with Gasteiger partial charge in [0.15, 0.2) is 5.17 Å². The lowest BCUT2D eigenvalue weighted by Crippen LogP contribution is -2.16. The van der Waals surface area contributed by atoms with Crippen LogP contribution in [0.1, 0.15) is 5.56 Å². The van der Waals surface area contributed by atoms with Crippen molar-refractivity contribution in [2.75, 3.05) is 5.75 Å². The smallest absolute Gasteiger partial charge is 0.180 e. The maximum Gasteiger partial charge on any atom is 0.180 e. The zero-order chi connectivity index (χ0) is 9.97. The van der Waals surface area contributed by atoms with Crippen molar-refractivity contribution in [1.29, 1.82) is 0 Å². The first-order valence-corrected chi connectivity index (χ1v) is 5.82. The standard InChI is InChI=1S/C9H8BrN3S/c10-7-3-1-6(2-4-7)8-5-14-9(11)13-12-8/h1-4H,5H2,(H2,11,13). The molecule has 1 heterocycles. The van der Waals surface area contributed by atoms with Gasteiger partial charge in [-0.2, -0.15) is 5.10 Å². The summed E-state index contributed by atoms with van der Waals surface area (Å²) < 4.78 is 1.06. The summed E-state index contributed by atoms with van der Waals surface area (Å²) in [6.07, 6.45) is 0. The van der Waals surface area contributed by atoms with Crippen LogP contribution in [0.5, 0.6) is 0 Å². The number of halogens is 1. The Bertz CT molecular complexity index is 397. The van der Waals surface area contributed by atoms with Crippen LogP contribution in [-0.2, 0) is 0 Å². The minimum atomic E-state index is 0.533. The van der Waals surface area contributed by atoms with E-state index in [0.717, 1.165) is 21.5 Å². The van der Waals surface area contributed by atoms with Crippen molar-refractivity contribution in [3.05, 3.63) is 34.3 Å². The van der Waals surface area contributed by atoms with Crippen LogP contribution in [0.3, 0.4) is 0 Å². The average Bonchev–Trinajstić information content (AvgIpc) is 2.21. The van der Waals surface area contributed by atoms with Gasteiger partial charge in [0, 0.05) is 10.2 Å². The van der Waals surface area contributed by atoms with E-state index in [4.69, 9.17) is 5.73 Å². The molecule has 2 rings (SSSR count). The number of benzene rings is 1. The van der Waals surface area contributed by atoms with E-state index < -0.39 is 0 Å². The molecule has 72 valence electrons. The second-order valence-corrected chi connectivity index (χ2v) is 4.69. The molecule has 1 aliphatic heterocycles. The van der Waals surface area contributed by atoms with Gasteiger partial charge in [0.25, 0.3) is 0 Å². The summed E-state index contributed by atoms with van der Waals surface area (Å²) >= 11 is 4.90. The molecular weight excluding hydrogens is 262 g/mol. The summed E-state index contributed by atoms with van der Waals surface area (Å²) in [4.78, 5) is 0. The van der Waals surface area contributed by atoms with E-state index in [2.05, 4.69) is 26.1 Å². The van der Waals surface area contributed by atoms with E-state index in [1.54, 1.807) is 0 Å². The summed E-state index contributed by atoms with van der Waals surface area (Å²) in [5.41, 5.74) is 7.56. The Morgan fingerprint density at radius 3 is 2.50 bits per heavy atom. The summed E-state index contributed by atoms with van der Waals surface area (Å²) in [6, 6.07) is 8.01. The Labute approximate surface area is 94.6 Å². The number of amidine groups is 1. The summed E-state index contributed by atoms with van der Waals surface area (Å²) in [7, 11) is 0. The maximum absolute atomic E-state index is 5.50. The van der Waals surface area contributed by atoms with Gasteiger partial charge in [0.05, 0.1) is 5.71 Å². The number of thioether (sulfide) groups is 1. The Morgan fingerprint density at radius 1 is 1.21 bits per heavy atom. The zero-order valence-electron chi connectivity index (χ0n) is 7.27. The van der Waals surface area contributed by atoms with Crippen LogP contribution in [-0.4, -0.2) is 16.6 Å². The van der Waals surface area contributed by atoms with Crippen LogP contribution < -0.4 is 5.73 Å². The topological polar surface area (TPSA) is 50.7 Å². The highest BCUT2D eigenvalue weighted by Gasteiger charge is 2.09. The fourth-order valence-corrected chi connectivity index (χ4v) is 1.96. The molecule has 14 heavy (non-hydrogen) atoms. The van der Waals surface area contributed by atoms with Crippen molar-refractivity contribution in [2.45, 2.75) is 0 Å². The van der Waals surface area contributed by atoms with E-state index in [1.165, 1.54) is 11.8 Å². The van der Waals surface area contributed by atoms with Crippen LogP contribution >= 0.6 is 27.7 Å². The minimum Gasteiger partial charge on any atom is -0.377 e. The van der Waals surface area contributed by atoms with E-state index in [0.29, 0.717) is 5.17 Å². The molecular formula is C9H8BrN3S. The molecule has 0 atom stereocenters. The van der Waals surface area contributed by atoms with Crippen LogP contribution in [0.2, 0.25) is 0 Å². The largest absolute Gasteiger partial charge is 0.377 e. The van der Waals surface area contributed by atoms with Crippen LogP contribution in [0.15, 0.2) is 38.9 Å². The van der Waals surface area contributed by atoms with Crippen molar-refractivity contribution in [1.82, 2.24) is 0 Å². The fraction of sp³-hybridized carbons (Fsp3) is 0.111. The van der Waals surface area contributed by atoms with Gasteiger partial charge < -0.3 is 5.73 Å². The van der Waals surface area contributed by atoms with Gasteiger partial charge >= 0.3 is 0 Å². The molecule has 0 saturated carbocycles. The zero-order valence-corrected chi connectivity index (χ0v) is 9.68. The number of hydrogen-bond donors (Lipinski definition) is 1. The first kappa shape index (κ1) is 9.73. The molecule has 0 aliphatic carbocycles. The summed E-state index contributed by atoms with van der Waals surface area (Å²) in [5, 5.41) is 8.43. The van der Waals surface area contributed by atoms with Gasteiger partial charge in [0.2, 0.25) is 0 Å². The van der Waals surface area contributed by atoms with E-state index >= 15 is 0 Å². The van der Waals surface area contributed by atoms with Gasteiger partial charge in [-0.15, -0.1) is 5.10 Å². The molecule has 0 fully saturated rings. The van der Waals surface area contributed by atoms with E-state index in [9.17, 15) is 0 Å². The molecule has 1 aliphatic rings. The number of nitrogens with two attached hydrogens (primary N) is 1. The molecule has 2 N–H and O–H groups in total. The van der Waals surface area contributed by atoms with Crippen LogP contribution in [0.4, 0.5) is 0 Å². The highest BCUT2D eigenvalue weighted by molar-refractivity contribution is 9.10. The van der Waals surface area contributed by atoms with Gasteiger partial charge in [0.1, 0.15) is 0 Å². The third kappa shape index (κ3) is 2.16. The molecule has 1 aromatic rings. The molecule has 1 aromatic carbocycles. The minimum absolute atomic E-state index is 0.533. The predicted octanol–water partition coefficient (Wildman–Crippen LogP) is 2.21. The van der Waals surface area contributed by atoms with Crippen molar-refractivity contribution >= 4 is 38.6 Å². The Hall–Kier alpha value is -0.810. The molecule has 5 heteroatoms. The highest BCUT2D eigenvalue weighted by atomic mass is 79.9. The van der Waals surface area contributed by atoms with Crippen molar-refractivity contribution in [3.63, 3.8) is 0 Å². The lowest BCUT2D eigenvalue weighted by Gasteiger charge is -2.08. The van der Waals surface area contributed by atoms with Crippen LogP contribution in [0, 0.1) is 0 Å². The average molecular weight is 270 g/mol. The Morgan fingerprint density at radius 2 is 1.93 bits per heavy atom. The monoisotopic (exact) mass is 269 g/mol. The predicted molar refractivity (Wildman–Crippen MR) is 64.8 cm³/mol. The van der Waals surface area contributed by atoms with Crippen LogP contribution in [0.25, 0.3) is 0 Å². The second-order valence-electron chi connectivity index (χ2n) is 2.78. The first-order chi connectivity index (χ1) is 6.75. The molecule has 0 saturated heterocycles. The molecule has 0 aromatic heterocycles. The molecule has 0 unspecified atom stereocenters. The lowest BCUT2D eigenvalue weighted by molar-refractivity contribution is 1.22. The van der Waals surface area contributed by atoms with Gasteiger partial charge in [-0.3, -0.25) is 0 Å². The second kappa shape index (κ2) is 4.14. The number of rotatable bonds is 1. The van der Waals surface area contributed by atoms with E-state index in [1.807, 2.05) is 24.3 Å².